The van der Waals surface area contributed by atoms with Gasteiger partial charge in [0.05, 0.1) is 15.7 Å². The smallest absolute Gasteiger partial charge is 0.102 e. The van der Waals surface area contributed by atoms with Crippen LogP contribution in [0.25, 0.3) is 10.1 Å². The molecule has 0 fully saturated rings. The summed E-state index contributed by atoms with van der Waals surface area (Å²) in [6, 6.07) is 9.74. The number of aromatic nitrogens is 1. The van der Waals surface area contributed by atoms with E-state index in [2.05, 4.69) is 22.5 Å². The van der Waals surface area contributed by atoms with Crippen molar-refractivity contribution in [3.8, 4) is 0 Å². The topological polar surface area (TPSA) is 33.1 Å². The van der Waals surface area contributed by atoms with Gasteiger partial charge < -0.3 is 5.11 Å². The van der Waals surface area contributed by atoms with Gasteiger partial charge in [0.25, 0.3) is 0 Å². The lowest BCUT2D eigenvalue weighted by Crippen LogP contribution is -2.04. The summed E-state index contributed by atoms with van der Waals surface area (Å²) < 4.78 is 1.21. The molecule has 0 aliphatic heterocycles. The first-order chi connectivity index (χ1) is 9.65. The van der Waals surface area contributed by atoms with Gasteiger partial charge in [0, 0.05) is 17.3 Å². The Morgan fingerprint density at radius 1 is 1.25 bits per heavy atom. The number of aliphatic hydroxyl groups excluding tert-OH is 1. The summed E-state index contributed by atoms with van der Waals surface area (Å²) in [4.78, 5) is 4.13. The monoisotopic (exact) mass is 323 g/mol. The highest BCUT2D eigenvalue weighted by Gasteiger charge is 2.16. The van der Waals surface area contributed by atoms with Crippen LogP contribution in [0.15, 0.2) is 41.9 Å². The minimum atomic E-state index is -0.738. The van der Waals surface area contributed by atoms with Gasteiger partial charge in [-0.1, -0.05) is 41.4 Å². The highest BCUT2D eigenvalue weighted by atomic mass is 35.5. The molecule has 0 bridgehead atoms. The van der Waals surface area contributed by atoms with Crippen molar-refractivity contribution >= 4 is 44.6 Å². The number of fused-ring (bicyclic) bond motifs is 1. The summed E-state index contributed by atoms with van der Waals surface area (Å²) in [7, 11) is 0. The molecule has 5 heteroatoms. The van der Waals surface area contributed by atoms with Gasteiger partial charge in [0.2, 0.25) is 0 Å². The molecule has 2 aromatic heterocycles. The van der Waals surface area contributed by atoms with Crippen LogP contribution in [-0.4, -0.2) is 10.1 Å². The highest BCUT2D eigenvalue weighted by Crippen LogP contribution is 2.31. The lowest BCUT2D eigenvalue weighted by molar-refractivity contribution is 0.174. The molecule has 102 valence electrons. The number of benzene rings is 1. The van der Waals surface area contributed by atoms with Crippen molar-refractivity contribution in [1.29, 1.82) is 0 Å². The minimum Gasteiger partial charge on any atom is -0.386 e. The summed E-state index contributed by atoms with van der Waals surface area (Å²) >= 11 is 13.6. The number of hydrogen-bond donors (Lipinski definition) is 1. The average molecular weight is 324 g/mol. The molecule has 0 amide bonds. The first-order valence-corrected chi connectivity index (χ1v) is 7.73. The Kier molecular flexibility index (Phi) is 3.94. The molecule has 1 unspecified atom stereocenters. The van der Waals surface area contributed by atoms with Gasteiger partial charge in [-0.3, -0.25) is 4.98 Å². The van der Waals surface area contributed by atoms with Gasteiger partial charge in [-0.25, -0.2) is 0 Å². The number of aliphatic hydroxyl groups is 1. The maximum Gasteiger partial charge on any atom is 0.102 e. The second kappa shape index (κ2) is 5.70. The SMILES string of the molecule is OC(Cc1csc2ccccc12)c1ncc(Cl)cc1Cl. The number of rotatable bonds is 3. The quantitative estimate of drug-likeness (QED) is 0.745. The fourth-order valence-corrected chi connectivity index (χ4v) is 3.65. The minimum absolute atomic E-state index is 0.393. The van der Waals surface area contributed by atoms with Crippen molar-refractivity contribution in [3.05, 3.63) is 63.2 Å². The van der Waals surface area contributed by atoms with E-state index in [4.69, 9.17) is 23.2 Å². The largest absolute Gasteiger partial charge is 0.386 e. The molecule has 3 aromatic rings. The Bertz CT molecular complexity index is 756. The Morgan fingerprint density at radius 2 is 2.05 bits per heavy atom. The van der Waals surface area contributed by atoms with E-state index in [1.165, 1.54) is 16.3 Å². The van der Waals surface area contributed by atoms with E-state index in [0.29, 0.717) is 22.2 Å². The highest BCUT2D eigenvalue weighted by molar-refractivity contribution is 7.17. The van der Waals surface area contributed by atoms with Crippen molar-refractivity contribution in [3.63, 3.8) is 0 Å². The molecule has 2 nitrogen and oxygen atoms in total. The third kappa shape index (κ3) is 2.67. The van der Waals surface area contributed by atoms with E-state index in [9.17, 15) is 5.11 Å². The normalized spacial score (nSPS) is 12.8. The third-order valence-corrected chi connectivity index (χ3v) is 4.65. The Balaban J connectivity index is 1.90. The van der Waals surface area contributed by atoms with Crippen molar-refractivity contribution in [2.24, 2.45) is 0 Å². The predicted molar refractivity (Wildman–Crippen MR) is 84.7 cm³/mol. The maximum absolute atomic E-state index is 10.3. The van der Waals surface area contributed by atoms with Crippen LogP contribution in [0.3, 0.4) is 0 Å². The molecule has 3 rings (SSSR count). The van der Waals surface area contributed by atoms with Crippen molar-refractivity contribution < 1.29 is 5.11 Å². The molecule has 1 atom stereocenters. The van der Waals surface area contributed by atoms with Gasteiger partial charge in [-0.15, -0.1) is 11.3 Å². The second-order valence-electron chi connectivity index (χ2n) is 4.50. The number of pyridine rings is 1. The van der Waals surface area contributed by atoms with E-state index in [1.807, 2.05) is 12.1 Å². The van der Waals surface area contributed by atoms with Gasteiger partial charge in [0.1, 0.15) is 6.10 Å². The lowest BCUT2D eigenvalue weighted by Gasteiger charge is -2.11. The molecule has 0 spiro atoms. The number of halogens is 2. The molecule has 1 aromatic carbocycles. The van der Waals surface area contributed by atoms with E-state index in [1.54, 1.807) is 17.4 Å². The molecular weight excluding hydrogens is 313 g/mol. The summed E-state index contributed by atoms with van der Waals surface area (Å²) in [6.07, 6.45) is 1.24. The first-order valence-electron chi connectivity index (χ1n) is 6.09. The maximum atomic E-state index is 10.3. The molecule has 1 N–H and O–H groups in total. The third-order valence-electron chi connectivity index (χ3n) is 3.13. The standard InChI is InChI=1S/C15H11Cl2NOS/c16-10-6-12(17)15(18-7-10)13(19)5-9-8-20-14-4-2-1-3-11(9)14/h1-4,6-8,13,19H,5H2. The van der Waals surface area contributed by atoms with E-state index < -0.39 is 6.10 Å². The fraction of sp³-hybridized carbons (Fsp3) is 0.133. The summed E-state index contributed by atoms with van der Waals surface area (Å²) in [6.45, 7) is 0. The molecule has 0 aliphatic carbocycles. The average Bonchev–Trinajstić information content (AvgIpc) is 2.82. The molecule has 20 heavy (non-hydrogen) atoms. The molecule has 0 saturated heterocycles. The van der Waals surface area contributed by atoms with Crippen LogP contribution < -0.4 is 0 Å². The van der Waals surface area contributed by atoms with Crippen molar-refractivity contribution in [1.82, 2.24) is 4.98 Å². The lowest BCUT2D eigenvalue weighted by atomic mass is 10.0. The zero-order valence-corrected chi connectivity index (χ0v) is 12.7. The number of thiophene rings is 1. The molecule has 2 heterocycles. The summed E-state index contributed by atoms with van der Waals surface area (Å²) in [5.41, 5.74) is 1.57. The predicted octanol–water partition coefficient (Wildman–Crippen LogP) is 4.88. The van der Waals surface area contributed by atoms with Crippen LogP contribution >= 0.6 is 34.5 Å². The van der Waals surface area contributed by atoms with Gasteiger partial charge in [0.15, 0.2) is 0 Å². The van der Waals surface area contributed by atoms with Crippen LogP contribution in [0.4, 0.5) is 0 Å². The first kappa shape index (κ1) is 13.8. The Morgan fingerprint density at radius 3 is 2.85 bits per heavy atom. The summed E-state index contributed by atoms with van der Waals surface area (Å²) in [5.74, 6) is 0. The van der Waals surface area contributed by atoms with Crippen LogP contribution in [-0.2, 0) is 6.42 Å². The van der Waals surface area contributed by atoms with Crippen LogP contribution in [0.1, 0.15) is 17.4 Å². The zero-order chi connectivity index (χ0) is 14.1. The molecule has 0 saturated carbocycles. The number of hydrogen-bond acceptors (Lipinski definition) is 3. The molecule has 0 radical (unpaired) electrons. The molecular formula is C15H11Cl2NOS. The van der Waals surface area contributed by atoms with Crippen LogP contribution in [0, 0.1) is 0 Å². The summed E-state index contributed by atoms with van der Waals surface area (Å²) in [5, 5.41) is 14.4. The van der Waals surface area contributed by atoms with E-state index >= 15 is 0 Å². The second-order valence-corrected chi connectivity index (χ2v) is 6.25. The van der Waals surface area contributed by atoms with Crippen LogP contribution in [0.2, 0.25) is 10.0 Å². The Labute approximate surface area is 130 Å². The van der Waals surface area contributed by atoms with E-state index in [-0.39, 0.29) is 0 Å². The van der Waals surface area contributed by atoms with Gasteiger partial charge >= 0.3 is 0 Å². The number of nitrogens with zero attached hydrogens (tertiary/aromatic N) is 1. The Hall–Kier alpha value is -1.13. The molecule has 0 aliphatic rings. The van der Waals surface area contributed by atoms with Gasteiger partial charge in [-0.2, -0.15) is 0 Å². The zero-order valence-electron chi connectivity index (χ0n) is 10.4. The fourth-order valence-electron chi connectivity index (χ4n) is 2.17. The van der Waals surface area contributed by atoms with Crippen molar-refractivity contribution in [2.45, 2.75) is 12.5 Å². The van der Waals surface area contributed by atoms with Crippen LogP contribution in [0.5, 0.6) is 0 Å². The van der Waals surface area contributed by atoms with Crippen molar-refractivity contribution in [2.75, 3.05) is 0 Å². The van der Waals surface area contributed by atoms with Gasteiger partial charge in [-0.05, 0) is 28.5 Å². The van der Waals surface area contributed by atoms with E-state index in [0.717, 1.165) is 5.56 Å².